The second-order valence-electron chi connectivity index (χ2n) is 7.22. The zero-order chi connectivity index (χ0) is 22.8. The van der Waals surface area contributed by atoms with Crippen LogP contribution in [0.3, 0.4) is 0 Å². The summed E-state index contributed by atoms with van der Waals surface area (Å²) in [5.74, 6) is -0.664. The van der Waals surface area contributed by atoms with Gasteiger partial charge in [-0.05, 0) is 41.3 Å². The van der Waals surface area contributed by atoms with Crippen LogP contribution in [0.1, 0.15) is 36.5 Å². The molecule has 0 atom stereocenters. The normalized spacial score (nSPS) is 15.8. The molecule has 1 aliphatic rings. The average molecular weight is 465 g/mol. The Labute approximate surface area is 187 Å². The number of hydrogen-bond acceptors (Lipinski definition) is 4. The van der Waals surface area contributed by atoms with Crippen LogP contribution in [0.4, 0.5) is 18.9 Å². The molecule has 1 heterocycles. The number of nitrogens with zero attached hydrogens (tertiary/aromatic N) is 1. The zero-order valence-electron chi connectivity index (χ0n) is 16.7. The van der Waals surface area contributed by atoms with Crippen molar-refractivity contribution in [2.45, 2.75) is 25.9 Å². The van der Waals surface area contributed by atoms with Gasteiger partial charge in [0.15, 0.2) is 0 Å². The van der Waals surface area contributed by atoms with Gasteiger partial charge in [0, 0.05) is 5.69 Å². The summed E-state index contributed by atoms with van der Waals surface area (Å²) >= 11 is 6.30. The lowest BCUT2D eigenvalue weighted by atomic mass is 10.0. The van der Waals surface area contributed by atoms with Gasteiger partial charge in [-0.25, -0.2) is 0 Å². The molecular formula is C22H19F3N2O2S2. The van der Waals surface area contributed by atoms with E-state index >= 15 is 0 Å². The van der Waals surface area contributed by atoms with Crippen LogP contribution in [0.5, 0.6) is 0 Å². The van der Waals surface area contributed by atoms with Crippen molar-refractivity contribution in [3.05, 3.63) is 70.1 Å². The van der Waals surface area contributed by atoms with E-state index in [-0.39, 0.29) is 16.6 Å². The third kappa shape index (κ3) is 5.74. The highest BCUT2D eigenvalue weighted by Gasteiger charge is 2.34. The number of alkyl halides is 3. The first-order valence-corrected chi connectivity index (χ1v) is 10.6. The van der Waals surface area contributed by atoms with Crippen LogP contribution in [0.25, 0.3) is 6.08 Å². The predicted octanol–water partition coefficient (Wildman–Crippen LogP) is 5.67. The monoisotopic (exact) mass is 464 g/mol. The molecule has 1 N–H and O–H groups in total. The second-order valence-corrected chi connectivity index (χ2v) is 8.89. The predicted molar refractivity (Wildman–Crippen MR) is 120 cm³/mol. The fourth-order valence-corrected chi connectivity index (χ4v) is 4.14. The molecule has 2 amide bonds. The van der Waals surface area contributed by atoms with Crippen LogP contribution in [-0.2, 0) is 15.8 Å². The fourth-order valence-electron chi connectivity index (χ4n) is 2.88. The van der Waals surface area contributed by atoms with E-state index in [0.717, 1.165) is 34.4 Å². The Morgan fingerprint density at radius 2 is 1.87 bits per heavy atom. The zero-order valence-corrected chi connectivity index (χ0v) is 18.3. The van der Waals surface area contributed by atoms with Gasteiger partial charge in [-0.1, -0.05) is 68.2 Å². The van der Waals surface area contributed by atoms with Gasteiger partial charge >= 0.3 is 6.18 Å². The molecule has 2 aromatic rings. The van der Waals surface area contributed by atoms with Crippen molar-refractivity contribution in [2.24, 2.45) is 0 Å². The first-order chi connectivity index (χ1) is 14.5. The lowest BCUT2D eigenvalue weighted by Gasteiger charge is -2.15. The molecular weight excluding hydrogens is 445 g/mol. The highest BCUT2D eigenvalue weighted by molar-refractivity contribution is 8.26. The molecule has 0 radical (unpaired) electrons. The summed E-state index contributed by atoms with van der Waals surface area (Å²) in [4.78, 5) is 26.5. The SMILES string of the molecule is CC(C)c1ccc(C=C2SC(=S)N(CC(=O)Nc3cccc(C(F)(F)F)c3)C2=O)cc1. The van der Waals surface area contributed by atoms with E-state index in [9.17, 15) is 22.8 Å². The number of anilines is 1. The Morgan fingerprint density at radius 3 is 2.48 bits per heavy atom. The number of amides is 2. The number of carbonyl (C=O) groups is 2. The molecule has 1 fully saturated rings. The lowest BCUT2D eigenvalue weighted by Crippen LogP contribution is -2.36. The Morgan fingerprint density at radius 1 is 1.19 bits per heavy atom. The summed E-state index contributed by atoms with van der Waals surface area (Å²) < 4.78 is 38.7. The van der Waals surface area contributed by atoms with Gasteiger partial charge in [0.2, 0.25) is 5.91 Å². The molecule has 1 saturated heterocycles. The van der Waals surface area contributed by atoms with Crippen molar-refractivity contribution in [3.63, 3.8) is 0 Å². The van der Waals surface area contributed by atoms with Gasteiger partial charge in [0.05, 0.1) is 10.5 Å². The van der Waals surface area contributed by atoms with E-state index in [1.807, 2.05) is 24.3 Å². The highest BCUT2D eigenvalue weighted by Crippen LogP contribution is 2.33. The summed E-state index contributed by atoms with van der Waals surface area (Å²) in [6.45, 7) is 3.79. The maximum absolute atomic E-state index is 12.8. The first kappa shape index (κ1) is 23.0. The van der Waals surface area contributed by atoms with Crippen molar-refractivity contribution in [1.29, 1.82) is 0 Å². The van der Waals surface area contributed by atoms with Gasteiger partial charge in [-0.15, -0.1) is 0 Å². The van der Waals surface area contributed by atoms with E-state index in [4.69, 9.17) is 12.2 Å². The number of rotatable bonds is 5. The quantitative estimate of drug-likeness (QED) is 0.458. The molecule has 1 aliphatic heterocycles. The van der Waals surface area contributed by atoms with Crippen molar-refractivity contribution in [3.8, 4) is 0 Å². The highest BCUT2D eigenvalue weighted by atomic mass is 32.2. The van der Waals surface area contributed by atoms with Gasteiger partial charge in [-0.2, -0.15) is 13.2 Å². The largest absolute Gasteiger partial charge is 0.416 e. The molecule has 0 unspecified atom stereocenters. The number of benzene rings is 2. The molecule has 0 saturated carbocycles. The molecule has 2 aromatic carbocycles. The lowest BCUT2D eigenvalue weighted by molar-refractivity contribution is -0.137. The minimum Gasteiger partial charge on any atom is -0.325 e. The number of thiocarbonyl (C=S) groups is 1. The molecule has 4 nitrogen and oxygen atoms in total. The Kier molecular flexibility index (Phi) is 6.86. The van der Waals surface area contributed by atoms with E-state index < -0.39 is 23.6 Å². The molecule has 3 rings (SSSR count). The van der Waals surface area contributed by atoms with Gasteiger partial charge in [-0.3, -0.25) is 14.5 Å². The molecule has 0 aromatic heterocycles. The smallest absolute Gasteiger partial charge is 0.325 e. The number of hydrogen-bond donors (Lipinski definition) is 1. The van der Waals surface area contributed by atoms with Gasteiger partial charge in [0.25, 0.3) is 5.91 Å². The number of nitrogens with one attached hydrogen (secondary N) is 1. The standard InChI is InChI=1S/C22H19F3N2O2S2/c1-13(2)15-8-6-14(7-9-15)10-18-20(29)27(21(30)31-18)12-19(28)26-17-5-3-4-16(11-17)22(23,24)25/h3-11,13H,12H2,1-2H3,(H,26,28). The van der Waals surface area contributed by atoms with E-state index in [1.54, 1.807) is 6.08 Å². The van der Waals surface area contributed by atoms with E-state index in [0.29, 0.717) is 10.8 Å². The molecule has 9 heteroatoms. The van der Waals surface area contributed by atoms with Gasteiger partial charge < -0.3 is 5.32 Å². The van der Waals surface area contributed by atoms with Crippen LogP contribution >= 0.6 is 24.0 Å². The van der Waals surface area contributed by atoms with Crippen LogP contribution in [-0.4, -0.2) is 27.6 Å². The van der Waals surface area contributed by atoms with Crippen molar-refractivity contribution in [2.75, 3.05) is 11.9 Å². The Balaban J connectivity index is 1.68. The average Bonchev–Trinajstić information content (AvgIpc) is 2.95. The molecule has 31 heavy (non-hydrogen) atoms. The van der Waals surface area contributed by atoms with Gasteiger partial charge in [0.1, 0.15) is 10.9 Å². The van der Waals surface area contributed by atoms with Crippen molar-refractivity contribution < 1.29 is 22.8 Å². The third-order valence-corrected chi connectivity index (χ3v) is 5.93. The summed E-state index contributed by atoms with van der Waals surface area (Å²) in [5.41, 5.74) is 1.13. The van der Waals surface area contributed by atoms with Crippen LogP contribution in [0.15, 0.2) is 53.4 Å². The minimum atomic E-state index is -4.52. The summed E-state index contributed by atoms with van der Waals surface area (Å²) in [5, 5.41) is 2.38. The topological polar surface area (TPSA) is 49.4 Å². The molecule has 0 spiro atoms. The maximum Gasteiger partial charge on any atom is 0.416 e. The second kappa shape index (κ2) is 9.23. The Bertz CT molecular complexity index is 1050. The summed E-state index contributed by atoms with van der Waals surface area (Å²) in [7, 11) is 0. The van der Waals surface area contributed by atoms with E-state index in [2.05, 4.69) is 19.2 Å². The summed E-state index contributed by atoms with van der Waals surface area (Å²) in [6.07, 6.45) is -2.81. The number of thioether (sulfide) groups is 1. The molecule has 0 bridgehead atoms. The fraction of sp³-hybridized carbons (Fsp3) is 0.227. The van der Waals surface area contributed by atoms with Crippen LogP contribution in [0.2, 0.25) is 0 Å². The summed E-state index contributed by atoms with van der Waals surface area (Å²) in [6, 6.07) is 12.1. The molecule has 162 valence electrons. The number of carbonyl (C=O) groups excluding carboxylic acids is 2. The Hall–Kier alpha value is -2.65. The van der Waals surface area contributed by atoms with E-state index in [1.165, 1.54) is 17.7 Å². The maximum atomic E-state index is 12.8. The van der Waals surface area contributed by atoms with Crippen LogP contribution < -0.4 is 5.32 Å². The minimum absolute atomic E-state index is 0.00829. The van der Waals surface area contributed by atoms with Crippen LogP contribution in [0, 0.1) is 0 Å². The number of halogens is 3. The third-order valence-electron chi connectivity index (χ3n) is 4.55. The van der Waals surface area contributed by atoms with Crippen molar-refractivity contribution in [1.82, 2.24) is 4.90 Å². The first-order valence-electron chi connectivity index (χ1n) is 9.37. The van der Waals surface area contributed by atoms with Crippen molar-refractivity contribution >= 4 is 51.9 Å². The molecule has 0 aliphatic carbocycles.